The summed E-state index contributed by atoms with van der Waals surface area (Å²) >= 11 is 0. The molecule has 0 saturated carbocycles. The van der Waals surface area contributed by atoms with Gasteiger partial charge in [0.2, 0.25) is 0 Å². The lowest BCUT2D eigenvalue weighted by molar-refractivity contribution is 0.884. The Hall–Kier alpha value is -2.05. The minimum absolute atomic E-state index is 0.129. The summed E-state index contributed by atoms with van der Waals surface area (Å²) in [6.07, 6.45) is 0. The molecule has 2 aromatic rings. The number of fused-ring (bicyclic) bond motifs is 1. The summed E-state index contributed by atoms with van der Waals surface area (Å²) in [4.78, 5) is 39.7. The molecule has 0 aliphatic carbocycles. The molecule has 0 unspecified atom stereocenters. The molecule has 0 aromatic carbocycles. The SMILES string of the molecule is Cn1c(=O)[15nH][13c]2[15nH][13c](=O)[15nH][13c](=O)[13c]21. The molecule has 0 spiro atoms. The van der Waals surface area contributed by atoms with Crippen LogP contribution in [0.2, 0.25) is 0 Å². The number of nitrogens with one attached hydrogen (secondary N) is 3. The molecule has 2 heterocycles. The first-order valence-corrected chi connectivity index (χ1v) is 3.51. The first-order chi connectivity index (χ1) is 6.09. The second-order valence-corrected chi connectivity index (χ2v) is 2.62. The van der Waals surface area contributed by atoms with Crippen LogP contribution in [0.15, 0.2) is 14.4 Å². The minimum atomic E-state index is -0.639. The van der Waals surface area contributed by atoms with E-state index in [0.717, 1.165) is 4.57 Å². The van der Waals surface area contributed by atoms with Gasteiger partial charge in [-0.05, 0) is 0 Å². The van der Waals surface area contributed by atoms with Crippen molar-refractivity contribution in [1.82, 2.24) is 19.5 Å². The molecule has 0 amide bonds. The number of rotatable bonds is 0. The Balaban J connectivity index is 3.22. The highest BCUT2D eigenvalue weighted by molar-refractivity contribution is 5.68. The Labute approximate surface area is 70.0 Å². The van der Waals surface area contributed by atoms with Crippen molar-refractivity contribution < 1.29 is 0 Å². The molecule has 0 radical (unpaired) electrons. The van der Waals surface area contributed by atoms with E-state index < -0.39 is 16.9 Å². The fourth-order valence-electron chi connectivity index (χ4n) is 1.18. The fourth-order valence-corrected chi connectivity index (χ4v) is 1.18. The minimum Gasteiger partial charge on any atom is -0.292 e. The van der Waals surface area contributed by atoms with Crippen LogP contribution in [0.3, 0.4) is 0 Å². The quantitative estimate of drug-likeness (QED) is 0.457. The summed E-state index contributed by atoms with van der Waals surface area (Å²) in [5.74, 6) is 0. The second-order valence-electron chi connectivity index (χ2n) is 2.62. The molecule has 0 fully saturated rings. The number of nitrogens with zero attached hydrogens (tertiary/aromatic N) is 1. The Bertz CT molecular complexity index is 626. The maximum atomic E-state index is 11.2. The van der Waals surface area contributed by atoms with Gasteiger partial charge in [-0.15, -0.1) is 0 Å². The topological polar surface area (TPSA) is 104 Å². The van der Waals surface area contributed by atoms with Gasteiger partial charge in [0, 0.05) is 7.05 Å². The van der Waals surface area contributed by atoms with Crippen LogP contribution in [-0.4, -0.2) is 19.5 Å². The molecule has 0 atom stereocenters. The number of aryl methyl sites for hydroxylation is 1. The van der Waals surface area contributed by atoms with Gasteiger partial charge in [-0.1, -0.05) is 0 Å². The Morgan fingerprint density at radius 1 is 1.08 bits per heavy atom. The van der Waals surface area contributed by atoms with Crippen molar-refractivity contribution in [2.75, 3.05) is 0 Å². The highest BCUT2D eigenvalue weighted by Crippen LogP contribution is 1.93. The monoisotopic (exact) mass is 189 g/mol. The summed E-state index contributed by atoms with van der Waals surface area (Å²) in [5.41, 5.74) is -1.40. The molecule has 2 aromatic heterocycles. The van der Waals surface area contributed by atoms with Crippen LogP contribution in [0.5, 0.6) is 0 Å². The van der Waals surface area contributed by atoms with E-state index in [1.807, 2.05) is 4.98 Å². The van der Waals surface area contributed by atoms with E-state index in [4.69, 9.17) is 0 Å². The molecule has 7 heteroatoms. The number of hydrogen-bond donors (Lipinski definition) is 3. The van der Waals surface area contributed by atoms with Crippen molar-refractivity contribution in [2.24, 2.45) is 7.05 Å². The molecule has 0 bridgehead atoms. The molecule has 0 aliphatic rings. The Morgan fingerprint density at radius 2 is 1.77 bits per heavy atom. The molecule has 0 saturated heterocycles. The van der Waals surface area contributed by atoms with Gasteiger partial charge >= 0.3 is 11.4 Å². The summed E-state index contributed by atoms with van der Waals surface area (Å²) < 4.78 is 1.13. The first-order valence-electron chi connectivity index (χ1n) is 3.51. The lowest BCUT2D eigenvalue weighted by Gasteiger charge is -1.89. The van der Waals surface area contributed by atoms with Gasteiger partial charge in [-0.3, -0.25) is 24.3 Å². The molecule has 3 N–H and O–H groups in total. The number of imidazole rings is 1. The van der Waals surface area contributed by atoms with Crippen molar-refractivity contribution in [3.63, 3.8) is 0 Å². The van der Waals surface area contributed by atoms with E-state index in [-0.39, 0.29) is 11.2 Å². The first kappa shape index (κ1) is 7.59. The molecular formula is C6H6N4O3. The van der Waals surface area contributed by atoms with Gasteiger partial charge in [-0.2, -0.15) is 0 Å². The zero-order chi connectivity index (χ0) is 9.59. The van der Waals surface area contributed by atoms with Crippen molar-refractivity contribution in [2.45, 2.75) is 0 Å². The van der Waals surface area contributed by atoms with E-state index in [9.17, 15) is 14.4 Å². The van der Waals surface area contributed by atoms with Crippen LogP contribution in [0.1, 0.15) is 0 Å². The average molecular weight is 189 g/mol. The predicted molar refractivity (Wildman–Crippen MR) is 44.8 cm³/mol. The molecule has 2 rings (SSSR count). The Kier molecular flexibility index (Phi) is 1.30. The number of H-pyrrole nitrogens is 3. The highest BCUT2D eigenvalue weighted by atomic mass is 16.3. The third-order valence-corrected chi connectivity index (χ3v) is 1.79. The summed E-state index contributed by atoms with van der Waals surface area (Å²) in [7, 11) is 1.44. The van der Waals surface area contributed by atoms with Crippen LogP contribution in [0.4, 0.5) is 0 Å². The summed E-state index contributed by atoms with van der Waals surface area (Å²) in [6, 6.07) is 0. The zero-order valence-electron chi connectivity index (χ0n) is 6.67. The van der Waals surface area contributed by atoms with Gasteiger partial charge in [0.1, 0.15) is 5.65 Å². The number of aromatic nitrogens is 4. The molecule has 68 valence electrons. The smallest absolute Gasteiger partial charge is 0.292 e. The van der Waals surface area contributed by atoms with Crippen LogP contribution < -0.4 is 16.9 Å². The van der Waals surface area contributed by atoms with Gasteiger partial charge in [0.05, 0.1) is 0 Å². The van der Waals surface area contributed by atoms with E-state index in [0.29, 0.717) is 0 Å². The maximum absolute atomic E-state index is 11.2. The van der Waals surface area contributed by atoms with Crippen LogP contribution in [0, 0.1) is 0 Å². The third-order valence-electron chi connectivity index (χ3n) is 1.79. The normalized spacial score (nSPS) is 10.8. The van der Waals surface area contributed by atoms with Crippen LogP contribution in [0.25, 0.3) is 11.2 Å². The van der Waals surface area contributed by atoms with Crippen molar-refractivity contribution >= 4 is 11.2 Å². The molecule has 7 nitrogen and oxygen atoms in total. The third kappa shape index (κ3) is 0.934. The van der Waals surface area contributed by atoms with Crippen LogP contribution in [-0.2, 0) is 7.05 Å². The largest absolute Gasteiger partial charge is 0.327 e. The van der Waals surface area contributed by atoms with Gasteiger partial charge < -0.3 is 0 Å². The van der Waals surface area contributed by atoms with E-state index in [1.54, 1.807) is 0 Å². The molecular weight excluding hydrogens is 183 g/mol. The number of hydrogen-bond acceptors (Lipinski definition) is 3. The summed E-state index contributed by atoms with van der Waals surface area (Å²) in [6.45, 7) is 0. The molecule has 0 aliphatic heterocycles. The van der Waals surface area contributed by atoms with Crippen molar-refractivity contribution in [3.8, 4) is 0 Å². The van der Waals surface area contributed by atoms with E-state index >= 15 is 0 Å². The lowest BCUT2D eigenvalue weighted by atomic mass is 11.2. The molecule has 13 heavy (non-hydrogen) atoms. The standard InChI is InChI=1S/C6H6N4O3/c1-10-2-3(8-6(10)13)7-5(12)9-4(2)11/h1H3,(H3,7,8,9,11,12,13)/i2+1,3+1,4+1,5+1,7+1,8+1,9+1. The summed E-state index contributed by atoms with van der Waals surface area (Å²) in [5, 5.41) is 0. The maximum Gasteiger partial charge on any atom is 0.327 e. The number of aromatic amines is 3. The van der Waals surface area contributed by atoms with Crippen LogP contribution >= 0.6 is 0 Å². The van der Waals surface area contributed by atoms with E-state index in [2.05, 4.69) is 9.97 Å². The van der Waals surface area contributed by atoms with E-state index in [1.165, 1.54) is 7.05 Å². The van der Waals surface area contributed by atoms with Gasteiger partial charge in [-0.25, -0.2) is 9.59 Å². The highest BCUT2D eigenvalue weighted by Gasteiger charge is 2.07. The second kappa shape index (κ2) is 2.22. The van der Waals surface area contributed by atoms with Gasteiger partial charge in [0.15, 0.2) is 5.52 Å². The van der Waals surface area contributed by atoms with Gasteiger partial charge in [0.25, 0.3) is 5.56 Å². The van der Waals surface area contributed by atoms with Crippen molar-refractivity contribution in [1.29, 1.82) is 0 Å². The zero-order valence-corrected chi connectivity index (χ0v) is 6.67. The average Bonchev–Trinajstić information content (AvgIpc) is 2.27. The van der Waals surface area contributed by atoms with Crippen molar-refractivity contribution in [3.05, 3.63) is 31.3 Å². The lowest BCUT2D eigenvalue weighted by Crippen LogP contribution is -2.23. The predicted octanol–water partition coefficient (Wildman–Crippen LogP) is -1.76. The fraction of sp³-hybridized carbons (Fsp3) is 0.167. The Morgan fingerprint density at radius 3 is 2.46 bits per heavy atom.